The predicted octanol–water partition coefficient (Wildman–Crippen LogP) is 1.21. The van der Waals surface area contributed by atoms with Gasteiger partial charge in [0.15, 0.2) is 0 Å². The average molecular weight is 279 g/mol. The molecule has 0 aromatic heterocycles. The average Bonchev–Trinajstić information content (AvgIpc) is 2.45. The summed E-state index contributed by atoms with van der Waals surface area (Å²) in [5.41, 5.74) is -1.79. The summed E-state index contributed by atoms with van der Waals surface area (Å²) in [6.07, 6.45) is -0.111. The summed E-state index contributed by atoms with van der Waals surface area (Å²) in [6, 6.07) is 8.08. The molecule has 2 N–H and O–H groups in total. The van der Waals surface area contributed by atoms with Crippen LogP contribution in [-0.2, 0) is 14.3 Å². The van der Waals surface area contributed by atoms with E-state index in [1.54, 1.807) is 25.1 Å². The number of ether oxygens (including phenoxy) is 1. The number of nitrogens with one attached hydrogen (secondary N) is 1. The van der Waals surface area contributed by atoms with Gasteiger partial charge < -0.3 is 15.2 Å². The van der Waals surface area contributed by atoms with Crippen LogP contribution in [0.15, 0.2) is 30.3 Å². The molecule has 1 rings (SSSR count). The Morgan fingerprint density at radius 3 is 2.25 bits per heavy atom. The van der Waals surface area contributed by atoms with E-state index in [0.717, 1.165) is 0 Å². The molecule has 108 valence electrons. The number of hydrogen-bond donors (Lipinski definition) is 2. The highest BCUT2D eigenvalue weighted by atomic mass is 16.5. The summed E-state index contributed by atoms with van der Waals surface area (Å²) in [5, 5.41) is 11.6. The number of carboxylic acids is 1. The van der Waals surface area contributed by atoms with Crippen molar-refractivity contribution in [3.63, 3.8) is 0 Å². The van der Waals surface area contributed by atoms with Gasteiger partial charge >= 0.3 is 11.9 Å². The summed E-state index contributed by atoms with van der Waals surface area (Å²) < 4.78 is 4.76. The Balaban J connectivity index is 3.04. The van der Waals surface area contributed by atoms with Crippen LogP contribution in [0.5, 0.6) is 0 Å². The highest BCUT2D eigenvalue weighted by Gasteiger charge is 2.47. The quantitative estimate of drug-likeness (QED) is 0.603. The van der Waals surface area contributed by atoms with E-state index in [4.69, 9.17) is 4.74 Å². The molecule has 1 amide bonds. The van der Waals surface area contributed by atoms with E-state index in [1.807, 2.05) is 0 Å². The van der Waals surface area contributed by atoms with E-state index < -0.39 is 23.4 Å². The summed E-state index contributed by atoms with van der Waals surface area (Å²) in [6.45, 7) is 3.10. The fraction of sp³-hybridized carbons (Fsp3) is 0.357. The van der Waals surface area contributed by atoms with Gasteiger partial charge in [-0.05, 0) is 25.5 Å². The van der Waals surface area contributed by atoms with Crippen LogP contribution in [0.3, 0.4) is 0 Å². The van der Waals surface area contributed by atoms with E-state index >= 15 is 0 Å². The minimum atomic E-state index is -2.07. The fourth-order valence-electron chi connectivity index (χ4n) is 1.69. The molecule has 0 aliphatic carbocycles. The molecule has 0 saturated carbocycles. The Bertz CT molecular complexity index is 500. The fourth-order valence-corrected chi connectivity index (χ4v) is 1.69. The molecule has 0 aliphatic rings. The normalized spacial score (nSPS) is 13.1. The smallest absolute Gasteiger partial charge is 0.343 e. The second kappa shape index (κ2) is 6.70. The van der Waals surface area contributed by atoms with Crippen molar-refractivity contribution in [1.82, 2.24) is 5.32 Å². The first-order chi connectivity index (χ1) is 9.47. The van der Waals surface area contributed by atoms with Crippen LogP contribution in [0.4, 0.5) is 0 Å². The van der Waals surface area contributed by atoms with Crippen LogP contribution in [0, 0.1) is 0 Å². The van der Waals surface area contributed by atoms with E-state index in [1.165, 1.54) is 19.1 Å². The first-order valence-electron chi connectivity index (χ1n) is 6.26. The molecule has 0 aliphatic heterocycles. The highest BCUT2D eigenvalue weighted by molar-refractivity contribution is 6.09. The number of carbonyl (C=O) groups is 3. The maximum absolute atomic E-state index is 12.1. The lowest BCUT2D eigenvalue weighted by Crippen LogP contribution is -2.60. The third-order valence-corrected chi connectivity index (χ3v) is 2.88. The zero-order valence-electron chi connectivity index (χ0n) is 11.4. The van der Waals surface area contributed by atoms with Crippen LogP contribution in [-0.4, -0.2) is 35.1 Å². The Morgan fingerprint density at radius 1 is 1.20 bits per heavy atom. The van der Waals surface area contributed by atoms with Crippen LogP contribution in [0.25, 0.3) is 0 Å². The Morgan fingerprint density at radius 2 is 1.80 bits per heavy atom. The molecule has 0 fully saturated rings. The van der Waals surface area contributed by atoms with Gasteiger partial charge in [-0.2, -0.15) is 0 Å². The minimum Gasteiger partial charge on any atom is -0.479 e. The molecule has 0 bridgehead atoms. The van der Waals surface area contributed by atoms with Crippen LogP contribution < -0.4 is 5.32 Å². The van der Waals surface area contributed by atoms with Gasteiger partial charge in [0, 0.05) is 5.56 Å². The first-order valence-corrected chi connectivity index (χ1v) is 6.26. The molecule has 1 aromatic rings. The van der Waals surface area contributed by atoms with Crippen molar-refractivity contribution in [2.45, 2.75) is 25.8 Å². The lowest BCUT2D eigenvalue weighted by molar-refractivity contribution is -0.162. The maximum Gasteiger partial charge on any atom is 0.343 e. The molecule has 20 heavy (non-hydrogen) atoms. The number of aliphatic carboxylic acids is 1. The van der Waals surface area contributed by atoms with E-state index in [0.29, 0.717) is 0 Å². The van der Waals surface area contributed by atoms with Crippen molar-refractivity contribution in [2.75, 3.05) is 6.61 Å². The number of amides is 1. The second-order valence-electron chi connectivity index (χ2n) is 4.10. The van der Waals surface area contributed by atoms with E-state index in [2.05, 4.69) is 5.32 Å². The molecule has 0 heterocycles. The zero-order valence-corrected chi connectivity index (χ0v) is 11.4. The topological polar surface area (TPSA) is 92.7 Å². The van der Waals surface area contributed by atoms with Crippen LogP contribution in [0.2, 0.25) is 0 Å². The van der Waals surface area contributed by atoms with Crippen molar-refractivity contribution in [1.29, 1.82) is 0 Å². The van der Waals surface area contributed by atoms with Gasteiger partial charge in [-0.15, -0.1) is 0 Å². The molecular formula is C14H17NO5. The molecule has 0 spiro atoms. The Hall–Kier alpha value is -2.37. The summed E-state index contributed by atoms with van der Waals surface area (Å²) in [7, 11) is 0. The number of hydrogen-bond acceptors (Lipinski definition) is 4. The highest BCUT2D eigenvalue weighted by Crippen LogP contribution is 2.15. The molecule has 0 saturated heterocycles. The lowest BCUT2D eigenvalue weighted by Gasteiger charge is -2.26. The van der Waals surface area contributed by atoms with Gasteiger partial charge in [-0.3, -0.25) is 4.79 Å². The van der Waals surface area contributed by atoms with Crippen LogP contribution >= 0.6 is 0 Å². The summed E-state index contributed by atoms with van der Waals surface area (Å²) >= 11 is 0. The number of carboxylic acid groups (broad SMARTS) is 1. The molecule has 1 unspecified atom stereocenters. The van der Waals surface area contributed by atoms with E-state index in [-0.39, 0.29) is 18.6 Å². The van der Waals surface area contributed by atoms with Crippen molar-refractivity contribution in [3.05, 3.63) is 35.9 Å². The third-order valence-electron chi connectivity index (χ3n) is 2.88. The lowest BCUT2D eigenvalue weighted by atomic mass is 9.95. The summed E-state index contributed by atoms with van der Waals surface area (Å²) in [4.78, 5) is 35.4. The maximum atomic E-state index is 12.1. The van der Waals surface area contributed by atoms with E-state index in [9.17, 15) is 19.5 Å². The monoisotopic (exact) mass is 279 g/mol. The number of benzene rings is 1. The second-order valence-corrected chi connectivity index (χ2v) is 4.10. The van der Waals surface area contributed by atoms with Crippen molar-refractivity contribution in [3.8, 4) is 0 Å². The number of esters is 1. The summed E-state index contributed by atoms with van der Waals surface area (Å²) in [5.74, 6) is -3.05. The van der Waals surface area contributed by atoms with Gasteiger partial charge in [0.2, 0.25) is 5.54 Å². The molecule has 6 nitrogen and oxygen atoms in total. The first kappa shape index (κ1) is 15.7. The van der Waals surface area contributed by atoms with Crippen molar-refractivity contribution < 1.29 is 24.2 Å². The third kappa shape index (κ3) is 3.14. The van der Waals surface area contributed by atoms with Gasteiger partial charge in [0.05, 0.1) is 6.61 Å². The molecular weight excluding hydrogens is 262 g/mol. The van der Waals surface area contributed by atoms with Gasteiger partial charge in [-0.25, -0.2) is 9.59 Å². The van der Waals surface area contributed by atoms with Gasteiger partial charge in [0.25, 0.3) is 5.91 Å². The standard InChI is InChI=1S/C14H17NO5/c1-3-14(12(17)18,13(19)20-4-2)15-11(16)10-8-6-5-7-9-10/h5-9H,3-4H2,1-2H3,(H,15,16)(H,17,18). The molecule has 6 heteroatoms. The Kier molecular flexibility index (Phi) is 5.25. The zero-order chi connectivity index (χ0) is 15.2. The van der Waals surface area contributed by atoms with Gasteiger partial charge in [0.1, 0.15) is 0 Å². The van der Waals surface area contributed by atoms with Gasteiger partial charge in [-0.1, -0.05) is 25.1 Å². The molecule has 1 atom stereocenters. The molecule has 1 aromatic carbocycles. The predicted molar refractivity (Wildman–Crippen MR) is 71.2 cm³/mol. The van der Waals surface area contributed by atoms with Crippen LogP contribution in [0.1, 0.15) is 30.6 Å². The largest absolute Gasteiger partial charge is 0.479 e. The number of carbonyl (C=O) groups excluding carboxylic acids is 2. The van der Waals surface area contributed by atoms with Crippen molar-refractivity contribution in [2.24, 2.45) is 0 Å². The van der Waals surface area contributed by atoms with Crippen molar-refractivity contribution >= 4 is 17.8 Å². The number of rotatable bonds is 6. The Labute approximate surface area is 116 Å². The minimum absolute atomic E-state index is 0.0368. The molecule has 0 radical (unpaired) electrons. The SMILES string of the molecule is CCOC(=O)C(CC)(NC(=O)c1ccccc1)C(=O)O.